The monoisotopic (exact) mass is 443 g/mol. The highest BCUT2D eigenvalue weighted by molar-refractivity contribution is 7.92. The number of halogens is 2. The molecule has 0 aliphatic carbocycles. The molecular formula is C17H15Cl2N3O5S. The molecule has 0 heterocycles. The zero-order chi connectivity index (χ0) is 20.9. The standard InChI is InChI=1S/C17H15Cl2N3O5S/c1-28(26,27)22(14-4-2-3-13(18)16(14)19)10-15(23)21-20-9-11-5-7-12(8-6-11)17(24)25/h2-9H,10H2,1H3,(H,21,23)(H,24,25)/b20-9-. The summed E-state index contributed by atoms with van der Waals surface area (Å²) in [5.74, 6) is -1.77. The van der Waals surface area contributed by atoms with Gasteiger partial charge in [-0.1, -0.05) is 41.4 Å². The molecule has 0 spiro atoms. The summed E-state index contributed by atoms with van der Waals surface area (Å²) >= 11 is 12.0. The maximum absolute atomic E-state index is 12.1. The zero-order valence-corrected chi connectivity index (χ0v) is 16.8. The van der Waals surface area contributed by atoms with E-state index in [-0.39, 0.29) is 21.3 Å². The first-order chi connectivity index (χ1) is 13.1. The lowest BCUT2D eigenvalue weighted by Crippen LogP contribution is -2.39. The van der Waals surface area contributed by atoms with Crippen molar-refractivity contribution in [3.05, 3.63) is 63.6 Å². The van der Waals surface area contributed by atoms with E-state index in [0.717, 1.165) is 10.6 Å². The van der Waals surface area contributed by atoms with Crippen LogP contribution in [0.2, 0.25) is 10.0 Å². The Labute approximate surface area is 171 Å². The average Bonchev–Trinajstić information content (AvgIpc) is 2.62. The van der Waals surface area contributed by atoms with Crippen LogP contribution >= 0.6 is 23.2 Å². The van der Waals surface area contributed by atoms with Crippen LogP contribution in [-0.2, 0) is 14.8 Å². The van der Waals surface area contributed by atoms with Gasteiger partial charge in [-0.2, -0.15) is 5.10 Å². The van der Waals surface area contributed by atoms with Gasteiger partial charge in [0.1, 0.15) is 6.54 Å². The Morgan fingerprint density at radius 2 is 1.82 bits per heavy atom. The van der Waals surface area contributed by atoms with Gasteiger partial charge in [-0.3, -0.25) is 9.10 Å². The van der Waals surface area contributed by atoms with Crippen LogP contribution in [0.4, 0.5) is 5.69 Å². The smallest absolute Gasteiger partial charge is 0.335 e. The highest BCUT2D eigenvalue weighted by Crippen LogP contribution is 2.33. The van der Waals surface area contributed by atoms with Crippen LogP contribution in [0.25, 0.3) is 0 Å². The van der Waals surface area contributed by atoms with Crippen LogP contribution in [0.1, 0.15) is 15.9 Å². The number of anilines is 1. The Morgan fingerprint density at radius 1 is 1.18 bits per heavy atom. The maximum atomic E-state index is 12.1. The van der Waals surface area contributed by atoms with Gasteiger partial charge in [0.15, 0.2) is 0 Å². The van der Waals surface area contributed by atoms with Gasteiger partial charge < -0.3 is 5.11 Å². The Balaban J connectivity index is 2.10. The summed E-state index contributed by atoms with van der Waals surface area (Å²) in [5.41, 5.74) is 2.94. The van der Waals surface area contributed by atoms with E-state index < -0.39 is 28.4 Å². The molecule has 28 heavy (non-hydrogen) atoms. The highest BCUT2D eigenvalue weighted by Gasteiger charge is 2.23. The highest BCUT2D eigenvalue weighted by atomic mass is 35.5. The van der Waals surface area contributed by atoms with E-state index in [0.29, 0.717) is 5.56 Å². The number of amides is 1. The van der Waals surface area contributed by atoms with Crippen molar-refractivity contribution in [2.45, 2.75) is 0 Å². The number of carbonyl (C=O) groups excluding carboxylic acids is 1. The number of sulfonamides is 1. The van der Waals surface area contributed by atoms with Gasteiger partial charge in [-0.15, -0.1) is 0 Å². The third-order valence-corrected chi connectivity index (χ3v) is 5.38. The number of nitrogens with one attached hydrogen (secondary N) is 1. The molecular weight excluding hydrogens is 429 g/mol. The minimum absolute atomic E-state index is 0.00409. The summed E-state index contributed by atoms with van der Waals surface area (Å²) in [6.45, 7) is -0.561. The van der Waals surface area contributed by atoms with Crippen LogP contribution in [0.3, 0.4) is 0 Å². The number of rotatable bonds is 7. The first-order valence-corrected chi connectivity index (χ1v) is 10.3. The van der Waals surface area contributed by atoms with E-state index in [1.807, 2.05) is 0 Å². The third-order valence-electron chi connectivity index (χ3n) is 3.45. The van der Waals surface area contributed by atoms with Crippen molar-refractivity contribution in [3.63, 3.8) is 0 Å². The Bertz CT molecular complexity index is 1020. The molecule has 0 saturated carbocycles. The molecule has 8 nitrogen and oxygen atoms in total. The molecule has 2 aromatic carbocycles. The summed E-state index contributed by atoms with van der Waals surface area (Å²) in [7, 11) is -3.82. The van der Waals surface area contributed by atoms with Crippen molar-refractivity contribution >= 4 is 57.0 Å². The number of hydrogen-bond donors (Lipinski definition) is 2. The number of aromatic carboxylic acids is 1. The van der Waals surface area contributed by atoms with Crippen LogP contribution in [0.5, 0.6) is 0 Å². The third kappa shape index (κ3) is 5.69. The number of carboxylic acids is 1. The fourth-order valence-corrected chi connectivity index (χ4v) is 3.43. The predicted molar refractivity (Wildman–Crippen MR) is 108 cm³/mol. The molecule has 0 atom stereocenters. The summed E-state index contributed by atoms with van der Waals surface area (Å²) in [6, 6.07) is 10.2. The average molecular weight is 444 g/mol. The Morgan fingerprint density at radius 3 is 2.39 bits per heavy atom. The molecule has 0 fully saturated rings. The van der Waals surface area contributed by atoms with Gasteiger partial charge >= 0.3 is 5.97 Å². The summed E-state index contributed by atoms with van der Waals surface area (Å²) in [6.07, 6.45) is 2.23. The number of nitrogens with zero attached hydrogens (tertiary/aromatic N) is 2. The molecule has 0 aromatic heterocycles. The molecule has 2 rings (SSSR count). The van der Waals surface area contributed by atoms with E-state index in [4.69, 9.17) is 28.3 Å². The zero-order valence-electron chi connectivity index (χ0n) is 14.5. The van der Waals surface area contributed by atoms with Crippen molar-refractivity contribution in [2.24, 2.45) is 5.10 Å². The molecule has 0 radical (unpaired) electrons. The molecule has 0 aliphatic heterocycles. The SMILES string of the molecule is CS(=O)(=O)N(CC(=O)N/N=C\c1ccc(C(=O)O)cc1)c1cccc(Cl)c1Cl. The predicted octanol–water partition coefficient (Wildman–Crippen LogP) is 2.61. The van der Waals surface area contributed by atoms with Gasteiger partial charge in [0.2, 0.25) is 10.0 Å². The molecule has 1 amide bonds. The second-order valence-corrected chi connectivity index (χ2v) is 8.25. The molecule has 0 saturated heterocycles. The number of hydrazone groups is 1. The lowest BCUT2D eigenvalue weighted by atomic mass is 10.1. The van der Waals surface area contributed by atoms with E-state index in [1.165, 1.54) is 48.7 Å². The number of carbonyl (C=O) groups is 2. The lowest BCUT2D eigenvalue weighted by Gasteiger charge is -2.22. The minimum atomic E-state index is -3.82. The first-order valence-electron chi connectivity index (χ1n) is 7.66. The van der Waals surface area contributed by atoms with Gasteiger partial charge in [0, 0.05) is 0 Å². The van der Waals surface area contributed by atoms with Gasteiger partial charge in [0.05, 0.1) is 33.8 Å². The Kier molecular flexibility index (Phi) is 7.00. The molecule has 0 bridgehead atoms. The second kappa shape index (κ2) is 9.05. The molecule has 2 N–H and O–H groups in total. The van der Waals surface area contributed by atoms with E-state index >= 15 is 0 Å². The fraction of sp³-hybridized carbons (Fsp3) is 0.118. The molecule has 0 aliphatic rings. The van der Waals surface area contributed by atoms with Gasteiger partial charge in [-0.25, -0.2) is 18.6 Å². The van der Waals surface area contributed by atoms with Crippen LogP contribution in [0, 0.1) is 0 Å². The van der Waals surface area contributed by atoms with Gasteiger partial charge in [-0.05, 0) is 29.8 Å². The minimum Gasteiger partial charge on any atom is -0.478 e. The van der Waals surface area contributed by atoms with Crippen molar-refractivity contribution in [1.82, 2.24) is 5.43 Å². The maximum Gasteiger partial charge on any atom is 0.335 e. The summed E-state index contributed by atoms with van der Waals surface area (Å²) < 4.78 is 25.0. The lowest BCUT2D eigenvalue weighted by molar-refractivity contribution is -0.119. The normalized spacial score (nSPS) is 11.4. The van der Waals surface area contributed by atoms with Crippen molar-refractivity contribution < 1.29 is 23.1 Å². The number of benzene rings is 2. The fourth-order valence-electron chi connectivity index (χ4n) is 2.12. The van der Waals surface area contributed by atoms with Crippen molar-refractivity contribution in [1.29, 1.82) is 0 Å². The van der Waals surface area contributed by atoms with Crippen molar-refractivity contribution in [2.75, 3.05) is 17.1 Å². The van der Waals surface area contributed by atoms with Gasteiger partial charge in [0.25, 0.3) is 5.91 Å². The van der Waals surface area contributed by atoms with Crippen LogP contribution in [-0.4, -0.2) is 44.4 Å². The van der Waals surface area contributed by atoms with Crippen LogP contribution < -0.4 is 9.73 Å². The number of hydrogen-bond acceptors (Lipinski definition) is 5. The molecule has 2 aromatic rings. The molecule has 148 valence electrons. The summed E-state index contributed by atoms with van der Waals surface area (Å²) in [5, 5.41) is 12.7. The molecule has 11 heteroatoms. The van der Waals surface area contributed by atoms with Crippen molar-refractivity contribution in [3.8, 4) is 0 Å². The van der Waals surface area contributed by atoms with Crippen LogP contribution in [0.15, 0.2) is 47.6 Å². The number of carboxylic acid groups (broad SMARTS) is 1. The van der Waals surface area contributed by atoms with E-state index in [2.05, 4.69) is 10.5 Å². The topological polar surface area (TPSA) is 116 Å². The van der Waals surface area contributed by atoms with E-state index in [1.54, 1.807) is 0 Å². The molecule has 0 unspecified atom stereocenters. The Hall–Kier alpha value is -2.62. The second-order valence-electron chi connectivity index (χ2n) is 5.56. The quantitative estimate of drug-likeness (QED) is 0.503. The first kappa shape index (κ1) is 21.7. The largest absolute Gasteiger partial charge is 0.478 e. The summed E-state index contributed by atoms with van der Waals surface area (Å²) in [4.78, 5) is 22.9. The van der Waals surface area contributed by atoms with E-state index in [9.17, 15) is 18.0 Å².